The van der Waals surface area contributed by atoms with E-state index < -0.39 is 37.3 Å². The maximum Gasteiger partial charge on any atom is 0.180 e. The minimum atomic E-state index is -1.13. The molecule has 100 valence electrons. The molecule has 7 heteroatoms. The largest absolute Gasteiger partial charge is 0.394 e. The normalized spacial score (nSPS) is 35.5. The number of carbonyl (C=O) groups excluding carboxylic acids is 1. The van der Waals surface area contributed by atoms with Crippen LogP contribution in [0.15, 0.2) is 0 Å². The van der Waals surface area contributed by atoms with Gasteiger partial charge in [0.25, 0.3) is 0 Å². The maximum absolute atomic E-state index is 10.5. The van der Waals surface area contributed by atoms with Crippen molar-refractivity contribution in [2.24, 2.45) is 0 Å². The first-order valence-electron chi connectivity index (χ1n) is 5.61. The summed E-state index contributed by atoms with van der Waals surface area (Å²) in [6.07, 6.45) is -2.51. The number of hydroxylamine groups is 1. The molecule has 0 radical (unpaired) electrons. The summed E-state index contributed by atoms with van der Waals surface area (Å²) in [7, 11) is 0. The lowest BCUT2D eigenvalue weighted by Gasteiger charge is -2.36. The van der Waals surface area contributed by atoms with E-state index >= 15 is 0 Å². The van der Waals surface area contributed by atoms with Gasteiger partial charge in [-0.25, -0.2) is 0 Å². The SMILES string of the molecule is CCC(C=O)NOC1C[C@@H](O)[C@H](O)[C@@H](CO)O1. The Morgan fingerprint density at radius 3 is 2.82 bits per heavy atom. The summed E-state index contributed by atoms with van der Waals surface area (Å²) in [5.74, 6) is 0. The Balaban J connectivity index is 2.41. The zero-order chi connectivity index (χ0) is 12.8. The lowest BCUT2D eigenvalue weighted by atomic mass is 10.0. The highest BCUT2D eigenvalue weighted by atomic mass is 16.8. The van der Waals surface area contributed by atoms with E-state index in [-0.39, 0.29) is 6.42 Å². The smallest absolute Gasteiger partial charge is 0.180 e. The number of nitrogens with one attached hydrogen (secondary N) is 1. The molecule has 1 rings (SSSR count). The molecule has 0 aromatic heterocycles. The van der Waals surface area contributed by atoms with Gasteiger partial charge in [0, 0.05) is 6.42 Å². The number of hydrogen-bond acceptors (Lipinski definition) is 7. The molecule has 1 heterocycles. The van der Waals surface area contributed by atoms with Gasteiger partial charge in [-0.2, -0.15) is 5.48 Å². The average molecular weight is 249 g/mol. The second-order valence-corrected chi connectivity index (χ2v) is 3.97. The molecule has 1 fully saturated rings. The van der Waals surface area contributed by atoms with Crippen molar-refractivity contribution >= 4 is 6.29 Å². The second kappa shape index (κ2) is 7.00. The molecule has 1 aliphatic heterocycles. The summed E-state index contributed by atoms with van der Waals surface area (Å²) in [4.78, 5) is 15.6. The molecular formula is C10H19NO6. The lowest BCUT2D eigenvalue weighted by Crippen LogP contribution is -2.52. The van der Waals surface area contributed by atoms with Crippen LogP contribution in [0, 0.1) is 0 Å². The number of aliphatic hydroxyl groups is 3. The summed E-state index contributed by atoms with van der Waals surface area (Å²) in [5, 5.41) is 27.9. The van der Waals surface area contributed by atoms with Crippen LogP contribution in [-0.2, 0) is 14.4 Å². The number of aldehydes is 1. The van der Waals surface area contributed by atoms with Crippen LogP contribution < -0.4 is 5.48 Å². The van der Waals surface area contributed by atoms with Gasteiger partial charge in [0.1, 0.15) is 18.5 Å². The fourth-order valence-electron chi connectivity index (χ4n) is 1.51. The fraction of sp³-hybridized carbons (Fsp3) is 0.900. The van der Waals surface area contributed by atoms with Crippen molar-refractivity contribution in [1.82, 2.24) is 5.48 Å². The van der Waals surface area contributed by atoms with Crippen LogP contribution in [0.3, 0.4) is 0 Å². The third-order valence-electron chi connectivity index (χ3n) is 2.67. The molecular weight excluding hydrogens is 230 g/mol. The Morgan fingerprint density at radius 2 is 2.29 bits per heavy atom. The van der Waals surface area contributed by atoms with E-state index in [0.29, 0.717) is 12.7 Å². The van der Waals surface area contributed by atoms with Crippen molar-refractivity contribution < 1.29 is 29.7 Å². The monoisotopic (exact) mass is 249 g/mol. The molecule has 0 amide bonds. The third kappa shape index (κ3) is 3.98. The molecule has 0 saturated carbocycles. The van der Waals surface area contributed by atoms with E-state index in [0.717, 1.165) is 0 Å². The zero-order valence-corrected chi connectivity index (χ0v) is 9.65. The van der Waals surface area contributed by atoms with Crippen LogP contribution in [-0.4, -0.2) is 58.9 Å². The first kappa shape index (κ1) is 14.5. The van der Waals surface area contributed by atoms with Gasteiger partial charge in [0.15, 0.2) is 6.29 Å². The van der Waals surface area contributed by atoms with Crippen LogP contribution in [0.25, 0.3) is 0 Å². The molecule has 2 unspecified atom stereocenters. The molecule has 17 heavy (non-hydrogen) atoms. The predicted molar refractivity (Wildman–Crippen MR) is 56.7 cm³/mol. The van der Waals surface area contributed by atoms with Crippen LogP contribution in [0.4, 0.5) is 0 Å². The molecule has 0 aromatic rings. The summed E-state index contributed by atoms with van der Waals surface area (Å²) in [5.41, 5.74) is 2.50. The lowest BCUT2D eigenvalue weighted by molar-refractivity contribution is -0.276. The van der Waals surface area contributed by atoms with E-state index in [1.807, 2.05) is 6.92 Å². The van der Waals surface area contributed by atoms with Crippen molar-refractivity contribution in [2.75, 3.05) is 6.61 Å². The molecule has 0 spiro atoms. The van der Waals surface area contributed by atoms with Crippen molar-refractivity contribution in [3.63, 3.8) is 0 Å². The number of ether oxygens (including phenoxy) is 1. The molecule has 7 nitrogen and oxygen atoms in total. The van der Waals surface area contributed by atoms with E-state index in [4.69, 9.17) is 14.7 Å². The van der Waals surface area contributed by atoms with E-state index in [1.54, 1.807) is 0 Å². The molecule has 1 saturated heterocycles. The quantitative estimate of drug-likeness (QED) is 0.329. The van der Waals surface area contributed by atoms with Gasteiger partial charge in [-0.05, 0) is 6.42 Å². The van der Waals surface area contributed by atoms with Crippen molar-refractivity contribution in [3.05, 3.63) is 0 Å². The summed E-state index contributed by atoms with van der Waals surface area (Å²) in [6, 6.07) is -0.449. The first-order valence-corrected chi connectivity index (χ1v) is 5.61. The molecule has 1 aliphatic rings. The Bertz CT molecular complexity index is 239. The minimum Gasteiger partial charge on any atom is -0.394 e. The van der Waals surface area contributed by atoms with Gasteiger partial charge in [-0.3, -0.25) is 4.84 Å². The number of hydrogen-bond donors (Lipinski definition) is 4. The molecule has 0 bridgehead atoms. The highest BCUT2D eigenvalue weighted by Gasteiger charge is 2.37. The van der Waals surface area contributed by atoms with Gasteiger partial charge in [0.05, 0.1) is 18.8 Å². The topological polar surface area (TPSA) is 108 Å². The van der Waals surface area contributed by atoms with Crippen molar-refractivity contribution in [3.8, 4) is 0 Å². The molecule has 5 atom stereocenters. The molecule has 0 aliphatic carbocycles. The van der Waals surface area contributed by atoms with Gasteiger partial charge >= 0.3 is 0 Å². The maximum atomic E-state index is 10.5. The zero-order valence-electron chi connectivity index (χ0n) is 9.65. The number of aliphatic hydroxyl groups excluding tert-OH is 3. The average Bonchev–Trinajstić information content (AvgIpc) is 2.34. The van der Waals surface area contributed by atoms with E-state index in [9.17, 15) is 15.0 Å². The predicted octanol–water partition coefficient (Wildman–Crippen LogP) is -1.69. The summed E-state index contributed by atoms with van der Waals surface area (Å²) in [6.45, 7) is 1.40. The number of rotatable bonds is 6. The van der Waals surface area contributed by atoms with Gasteiger partial charge in [0.2, 0.25) is 0 Å². The summed E-state index contributed by atoms with van der Waals surface area (Å²) < 4.78 is 5.20. The molecule has 4 N–H and O–H groups in total. The highest BCUT2D eigenvalue weighted by Crippen LogP contribution is 2.20. The Kier molecular flexibility index (Phi) is 5.96. The fourth-order valence-corrected chi connectivity index (χ4v) is 1.51. The van der Waals surface area contributed by atoms with Gasteiger partial charge in [-0.15, -0.1) is 0 Å². The third-order valence-corrected chi connectivity index (χ3v) is 2.67. The molecule has 0 aromatic carbocycles. The van der Waals surface area contributed by atoms with Gasteiger partial charge < -0.3 is 24.9 Å². The highest BCUT2D eigenvalue weighted by molar-refractivity contribution is 5.56. The van der Waals surface area contributed by atoms with Crippen LogP contribution in [0.5, 0.6) is 0 Å². The van der Waals surface area contributed by atoms with E-state index in [1.165, 1.54) is 0 Å². The number of carbonyl (C=O) groups is 1. The van der Waals surface area contributed by atoms with Crippen LogP contribution >= 0.6 is 0 Å². The van der Waals surface area contributed by atoms with Crippen LogP contribution in [0.2, 0.25) is 0 Å². The van der Waals surface area contributed by atoms with Crippen LogP contribution in [0.1, 0.15) is 19.8 Å². The Morgan fingerprint density at radius 1 is 1.59 bits per heavy atom. The second-order valence-electron chi connectivity index (χ2n) is 3.97. The first-order chi connectivity index (χ1) is 8.12. The van der Waals surface area contributed by atoms with Crippen molar-refractivity contribution in [2.45, 2.75) is 50.4 Å². The van der Waals surface area contributed by atoms with Gasteiger partial charge in [-0.1, -0.05) is 6.92 Å². The Hall–Kier alpha value is -0.570. The van der Waals surface area contributed by atoms with E-state index in [2.05, 4.69) is 5.48 Å². The van der Waals surface area contributed by atoms with Crippen molar-refractivity contribution in [1.29, 1.82) is 0 Å². The standard InChI is InChI=1S/C10H19NO6/c1-2-6(4-12)11-17-9-3-7(14)10(15)8(5-13)16-9/h4,6-11,13-15H,2-3,5H2,1H3/t6?,7-,8-,9?,10+/m1/s1. The Labute approximate surface area is 99.3 Å². The summed E-state index contributed by atoms with van der Waals surface area (Å²) >= 11 is 0. The minimum absolute atomic E-state index is 0.0694.